The highest BCUT2D eigenvalue weighted by Crippen LogP contribution is 2.42. The first-order chi connectivity index (χ1) is 15.6. The minimum absolute atomic E-state index is 0.0480. The molecular weight excluding hydrogens is 463 g/mol. The van der Waals surface area contributed by atoms with E-state index in [1.807, 2.05) is 24.3 Å². The van der Waals surface area contributed by atoms with Gasteiger partial charge in [-0.3, -0.25) is 14.5 Å². The van der Waals surface area contributed by atoms with Crippen LogP contribution in [0.5, 0.6) is 0 Å². The number of nitrogens with zero attached hydrogens (tertiary/aromatic N) is 2. The highest BCUT2D eigenvalue weighted by Gasteiger charge is 2.45. The molecule has 168 valence electrons. The molecule has 6 nitrogen and oxygen atoms in total. The van der Waals surface area contributed by atoms with Crippen LogP contribution in [0.4, 0.5) is 5.82 Å². The number of amides is 1. The molecule has 1 aliphatic rings. The molecule has 3 heterocycles. The average Bonchev–Trinajstić information content (AvgIpc) is 3.29. The molecule has 33 heavy (non-hydrogen) atoms. The topological polar surface area (TPSA) is 76.6 Å². The fourth-order valence-electron chi connectivity index (χ4n) is 4.19. The number of carbonyl (C=O) groups is 1. The van der Waals surface area contributed by atoms with Crippen molar-refractivity contribution in [1.29, 1.82) is 0 Å². The lowest BCUT2D eigenvalue weighted by Crippen LogP contribution is -2.29. The van der Waals surface area contributed by atoms with Crippen molar-refractivity contribution in [2.75, 3.05) is 4.90 Å². The second-order valence-corrected chi connectivity index (χ2v) is 10.0. The summed E-state index contributed by atoms with van der Waals surface area (Å²) in [6.45, 7) is 8.09. The Balaban J connectivity index is 1.79. The van der Waals surface area contributed by atoms with Gasteiger partial charge in [0.15, 0.2) is 16.8 Å². The maximum absolute atomic E-state index is 13.7. The van der Waals surface area contributed by atoms with Gasteiger partial charge in [-0.2, -0.15) is 0 Å². The first-order valence-corrected chi connectivity index (χ1v) is 11.1. The predicted octanol–water partition coefficient (Wildman–Crippen LogP) is 6.44. The Kier molecular flexibility index (Phi) is 4.92. The summed E-state index contributed by atoms with van der Waals surface area (Å²) in [7, 11) is 0. The minimum atomic E-state index is -0.746. The zero-order valence-corrected chi connectivity index (χ0v) is 19.9. The van der Waals surface area contributed by atoms with E-state index in [9.17, 15) is 9.59 Å². The zero-order chi connectivity index (χ0) is 23.7. The molecule has 0 aliphatic carbocycles. The second-order valence-electron chi connectivity index (χ2n) is 9.18. The number of fused-ring (bicyclic) bond motifs is 2. The lowest BCUT2D eigenvalue weighted by Gasteiger charge is -2.24. The zero-order valence-electron chi connectivity index (χ0n) is 18.4. The number of aromatic nitrogens is 1. The Hall–Kier alpha value is -3.09. The van der Waals surface area contributed by atoms with Gasteiger partial charge in [-0.1, -0.05) is 73.4 Å². The Morgan fingerprint density at radius 1 is 1.03 bits per heavy atom. The minimum Gasteiger partial charge on any atom is -0.449 e. The third-order valence-corrected chi connectivity index (χ3v) is 6.34. The summed E-state index contributed by atoms with van der Waals surface area (Å²) in [6, 6.07) is 11.7. The molecule has 5 rings (SSSR count). The number of aryl methyl sites for hydroxylation is 1. The van der Waals surface area contributed by atoms with Crippen LogP contribution in [0.3, 0.4) is 0 Å². The molecule has 0 fully saturated rings. The number of anilines is 1. The number of carbonyl (C=O) groups excluding carboxylic acids is 1. The standard InChI is InChI=1S/C25H20Cl2N2O4/c1-12-9-18(28-33-12)29-20(13-5-7-14(8-6-13)25(2,3)4)19-21(30)16-10-15(26)11-17(27)22(16)32-23(19)24(29)31/h5-11,20H,1-4H3. The summed E-state index contributed by atoms with van der Waals surface area (Å²) in [5.41, 5.74) is 1.80. The Bertz CT molecular complexity index is 1480. The van der Waals surface area contributed by atoms with Gasteiger partial charge in [0.2, 0.25) is 5.76 Å². The first-order valence-electron chi connectivity index (χ1n) is 10.4. The van der Waals surface area contributed by atoms with Crippen molar-refractivity contribution < 1.29 is 13.7 Å². The van der Waals surface area contributed by atoms with Gasteiger partial charge < -0.3 is 8.94 Å². The predicted molar refractivity (Wildman–Crippen MR) is 128 cm³/mol. The van der Waals surface area contributed by atoms with Crippen molar-refractivity contribution in [2.24, 2.45) is 0 Å². The largest absolute Gasteiger partial charge is 0.449 e. The molecule has 0 saturated carbocycles. The van der Waals surface area contributed by atoms with Crippen LogP contribution in [0.1, 0.15) is 59.8 Å². The van der Waals surface area contributed by atoms with Gasteiger partial charge in [-0.05, 0) is 35.6 Å². The maximum Gasteiger partial charge on any atom is 0.296 e. The molecule has 1 amide bonds. The molecule has 4 aromatic rings. The van der Waals surface area contributed by atoms with Gasteiger partial charge in [0.25, 0.3) is 5.91 Å². The van der Waals surface area contributed by atoms with Gasteiger partial charge in [0.1, 0.15) is 5.76 Å². The van der Waals surface area contributed by atoms with Crippen molar-refractivity contribution in [3.05, 3.63) is 90.9 Å². The first kappa shape index (κ1) is 21.7. The number of rotatable bonds is 2. The number of hydrogen-bond donors (Lipinski definition) is 0. The van der Waals surface area contributed by atoms with E-state index in [1.165, 1.54) is 17.0 Å². The molecule has 0 radical (unpaired) electrons. The highest BCUT2D eigenvalue weighted by molar-refractivity contribution is 6.38. The van der Waals surface area contributed by atoms with Crippen LogP contribution in [0, 0.1) is 6.92 Å². The Morgan fingerprint density at radius 2 is 1.73 bits per heavy atom. The van der Waals surface area contributed by atoms with E-state index < -0.39 is 11.9 Å². The van der Waals surface area contributed by atoms with Crippen LogP contribution in [0.25, 0.3) is 11.0 Å². The van der Waals surface area contributed by atoms with E-state index in [1.54, 1.807) is 13.0 Å². The van der Waals surface area contributed by atoms with Gasteiger partial charge in [0.05, 0.1) is 22.0 Å². The summed E-state index contributed by atoms with van der Waals surface area (Å²) in [5, 5.41) is 4.71. The second kappa shape index (κ2) is 7.47. The normalized spacial score (nSPS) is 16.0. The van der Waals surface area contributed by atoms with E-state index in [0.717, 1.165) is 11.1 Å². The quantitative estimate of drug-likeness (QED) is 0.328. The number of hydrogen-bond acceptors (Lipinski definition) is 5. The lowest BCUT2D eigenvalue weighted by molar-refractivity contribution is 0.0969. The molecule has 0 saturated heterocycles. The van der Waals surface area contributed by atoms with Crippen LogP contribution in [-0.4, -0.2) is 11.1 Å². The van der Waals surface area contributed by atoms with E-state index in [0.29, 0.717) is 16.6 Å². The van der Waals surface area contributed by atoms with Crippen molar-refractivity contribution in [3.8, 4) is 0 Å². The summed E-state index contributed by atoms with van der Waals surface area (Å²) >= 11 is 12.4. The summed E-state index contributed by atoms with van der Waals surface area (Å²) in [4.78, 5) is 28.6. The van der Waals surface area contributed by atoms with Gasteiger partial charge >= 0.3 is 0 Å². The summed E-state index contributed by atoms with van der Waals surface area (Å²) in [6.07, 6.45) is 0. The fourth-order valence-corrected chi connectivity index (χ4v) is 4.72. The molecule has 2 aromatic heterocycles. The molecule has 0 bridgehead atoms. The van der Waals surface area contributed by atoms with Crippen LogP contribution >= 0.6 is 23.2 Å². The van der Waals surface area contributed by atoms with Gasteiger partial charge in [-0.15, -0.1) is 0 Å². The molecular formula is C25H20Cl2N2O4. The third-order valence-electron chi connectivity index (χ3n) is 5.85. The Morgan fingerprint density at radius 3 is 2.33 bits per heavy atom. The van der Waals surface area contributed by atoms with Crippen molar-refractivity contribution in [3.63, 3.8) is 0 Å². The van der Waals surface area contributed by atoms with Gasteiger partial charge in [-0.25, -0.2) is 0 Å². The van der Waals surface area contributed by atoms with Crippen LogP contribution in [0.2, 0.25) is 10.0 Å². The smallest absolute Gasteiger partial charge is 0.296 e. The molecule has 1 unspecified atom stereocenters. The van der Waals surface area contributed by atoms with Crippen LogP contribution in [0.15, 0.2) is 56.2 Å². The lowest BCUT2D eigenvalue weighted by atomic mass is 9.86. The van der Waals surface area contributed by atoms with E-state index in [2.05, 4.69) is 25.9 Å². The molecule has 0 spiro atoms. The van der Waals surface area contributed by atoms with Crippen molar-refractivity contribution >= 4 is 45.9 Å². The molecule has 2 aromatic carbocycles. The fraction of sp³-hybridized carbons (Fsp3) is 0.240. The average molecular weight is 483 g/mol. The number of benzene rings is 2. The van der Waals surface area contributed by atoms with Crippen LogP contribution in [-0.2, 0) is 5.41 Å². The van der Waals surface area contributed by atoms with Crippen LogP contribution < -0.4 is 10.3 Å². The third kappa shape index (κ3) is 3.45. The van der Waals surface area contributed by atoms with E-state index in [4.69, 9.17) is 32.1 Å². The monoisotopic (exact) mass is 482 g/mol. The molecule has 1 aliphatic heterocycles. The van der Waals surface area contributed by atoms with E-state index in [-0.39, 0.29) is 38.2 Å². The van der Waals surface area contributed by atoms with Crippen molar-refractivity contribution in [1.82, 2.24) is 5.16 Å². The summed E-state index contributed by atoms with van der Waals surface area (Å²) < 4.78 is 11.2. The Labute approximate surface area is 199 Å². The van der Waals surface area contributed by atoms with E-state index >= 15 is 0 Å². The maximum atomic E-state index is 13.7. The number of halogens is 2. The molecule has 8 heteroatoms. The SMILES string of the molecule is Cc1cc(N2C(=O)c3oc4c(Cl)cc(Cl)cc4c(=O)c3C2c2ccc(C(C)(C)C)cc2)no1. The van der Waals surface area contributed by atoms with Crippen molar-refractivity contribution in [2.45, 2.75) is 39.2 Å². The molecule has 0 N–H and O–H groups in total. The van der Waals surface area contributed by atoms with Gasteiger partial charge in [0, 0.05) is 11.1 Å². The molecule has 1 atom stereocenters. The highest BCUT2D eigenvalue weighted by atomic mass is 35.5. The summed E-state index contributed by atoms with van der Waals surface area (Å²) in [5.74, 6) is 0.270.